The van der Waals surface area contributed by atoms with Gasteiger partial charge in [0.25, 0.3) is 0 Å². The van der Waals surface area contributed by atoms with Gasteiger partial charge in [-0.3, -0.25) is 9.59 Å². The number of rotatable bonds is 7. The van der Waals surface area contributed by atoms with Gasteiger partial charge >= 0.3 is 0 Å². The van der Waals surface area contributed by atoms with Gasteiger partial charge in [0.2, 0.25) is 11.8 Å². The zero-order chi connectivity index (χ0) is 24.2. The Balaban J connectivity index is 1.50. The van der Waals surface area contributed by atoms with Crippen LogP contribution in [0.5, 0.6) is 11.5 Å². The monoisotopic (exact) mass is 486 g/mol. The Kier molecular flexibility index (Phi) is 7.48. The molecule has 0 aliphatic carbocycles. The van der Waals surface area contributed by atoms with Crippen LogP contribution in [0.4, 0.5) is 17.1 Å². The van der Waals surface area contributed by atoms with E-state index in [0.717, 1.165) is 38.4 Å². The van der Waals surface area contributed by atoms with Crippen LogP contribution in [0.3, 0.4) is 0 Å². The number of likely N-dealkylation sites (N-methyl/N-ethyl adjacent to an activating group) is 1. The summed E-state index contributed by atoms with van der Waals surface area (Å²) in [7, 11) is 3.12. The second-order valence-corrected chi connectivity index (χ2v) is 8.95. The lowest BCUT2D eigenvalue weighted by Crippen LogP contribution is -2.46. The minimum Gasteiger partial charge on any atom is -0.497 e. The van der Waals surface area contributed by atoms with Crippen LogP contribution in [0, 0.1) is 5.92 Å². The van der Waals surface area contributed by atoms with Crippen molar-refractivity contribution in [3.05, 3.63) is 41.4 Å². The van der Waals surface area contributed by atoms with Crippen LogP contribution >= 0.6 is 11.6 Å². The van der Waals surface area contributed by atoms with Gasteiger partial charge in [0.15, 0.2) is 0 Å². The Morgan fingerprint density at radius 3 is 2.50 bits per heavy atom. The van der Waals surface area contributed by atoms with Gasteiger partial charge in [-0.2, -0.15) is 0 Å². The van der Waals surface area contributed by atoms with Crippen LogP contribution < -0.4 is 24.6 Å². The highest BCUT2D eigenvalue weighted by molar-refractivity contribution is 6.31. The molecule has 0 spiro atoms. The number of ether oxygens (including phenoxy) is 2. The first-order valence-corrected chi connectivity index (χ1v) is 11.9. The normalized spacial score (nSPS) is 18.8. The zero-order valence-electron chi connectivity index (χ0n) is 19.8. The molecule has 4 rings (SSSR count). The number of methoxy groups -OCH3 is 2. The number of hydrogen-bond donors (Lipinski definition) is 1. The summed E-state index contributed by atoms with van der Waals surface area (Å²) in [6.07, 6.45) is 0.122. The average Bonchev–Trinajstić information content (AvgIpc) is 3.25. The Hall–Kier alpha value is -2.97. The molecule has 8 nitrogen and oxygen atoms in total. The van der Waals surface area contributed by atoms with Crippen molar-refractivity contribution in [2.24, 2.45) is 5.92 Å². The third kappa shape index (κ3) is 5.08. The van der Waals surface area contributed by atoms with Crippen LogP contribution in [0.1, 0.15) is 13.3 Å². The molecule has 2 aliphatic heterocycles. The number of halogens is 1. The molecule has 2 fully saturated rings. The van der Waals surface area contributed by atoms with Crippen LogP contribution in [0.2, 0.25) is 5.02 Å². The lowest BCUT2D eigenvalue weighted by molar-refractivity contribution is -0.122. The molecule has 2 aromatic rings. The van der Waals surface area contributed by atoms with Crippen molar-refractivity contribution in [2.45, 2.75) is 13.3 Å². The lowest BCUT2D eigenvalue weighted by Gasteiger charge is -2.36. The molecular weight excluding hydrogens is 456 g/mol. The van der Waals surface area contributed by atoms with E-state index >= 15 is 0 Å². The van der Waals surface area contributed by atoms with Gasteiger partial charge in [0, 0.05) is 50.2 Å². The first-order chi connectivity index (χ1) is 16.4. The molecule has 0 aromatic heterocycles. The highest BCUT2D eigenvalue weighted by atomic mass is 35.5. The fourth-order valence-corrected chi connectivity index (χ4v) is 4.72. The van der Waals surface area contributed by atoms with Crippen molar-refractivity contribution < 1.29 is 19.1 Å². The molecule has 1 atom stereocenters. The fraction of sp³-hybridized carbons (Fsp3) is 0.440. The van der Waals surface area contributed by atoms with E-state index in [4.69, 9.17) is 21.1 Å². The molecule has 34 heavy (non-hydrogen) atoms. The summed E-state index contributed by atoms with van der Waals surface area (Å²) in [5.41, 5.74) is 2.22. The van der Waals surface area contributed by atoms with Crippen molar-refractivity contribution in [2.75, 3.05) is 68.6 Å². The Morgan fingerprint density at radius 2 is 1.82 bits per heavy atom. The van der Waals surface area contributed by atoms with Crippen LogP contribution in [0.15, 0.2) is 36.4 Å². The third-order valence-electron chi connectivity index (χ3n) is 6.55. The van der Waals surface area contributed by atoms with E-state index in [9.17, 15) is 9.59 Å². The summed E-state index contributed by atoms with van der Waals surface area (Å²) in [6, 6.07) is 10.9. The molecule has 9 heteroatoms. The molecule has 0 radical (unpaired) electrons. The number of amides is 2. The third-order valence-corrected chi connectivity index (χ3v) is 6.78. The maximum absolute atomic E-state index is 13.2. The van der Waals surface area contributed by atoms with Gasteiger partial charge < -0.3 is 29.5 Å². The number of nitrogens with zero attached hydrogens (tertiary/aromatic N) is 3. The predicted molar refractivity (Wildman–Crippen MR) is 134 cm³/mol. The summed E-state index contributed by atoms with van der Waals surface area (Å²) >= 11 is 6.27. The highest BCUT2D eigenvalue weighted by Gasteiger charge is 2.37. The highest BCUT2D eigenvalue weighted by Crippen LogP contribution is 2.37. The second kappa shape index (κ2) is 10.5. The van der Waals surface area contributed by atoms with Crippen molar-refractivity contribution in [1.29, 1.82) is 0 Å². The van der Waals surface area contributed by atoms with E-state index in [2.05, 4.69) is 22.0 Å². The second-order valence-electron chi connectivity index (χ2n) is 8.52. The summed E-state index contributed by atoms with van der Waals surface area (Å²) in [4.78, 5) is 32.4. The minimum absolute atomic E-state index is 0.122. The molecule has 2 heterocycles. The summed E-state index contributed by atoms with van der Waals surface area (Å²) in [5.74, 6) is 0.344. The zero-order valence-corrected chi connectivity index (χ0v) is 20.6. The SMILES string of the molecule is CCN1CCN(c2ccc(Cl)cc2NC(=O)C2CC(=O)N(c3cc(OC)ccc3OC)C2)CC1. The van der Waals surface area contributed by atoms with Crippen LogP contribution in [0.25, 0.3) is 0 Å². The van der Waals surface area contributed by atoms with Gasteiger partial charge in [-0.15, -0.1) is 0 Å². The van der Waals surface area contributed by atoms with Gasteiger partial charge in [-0.1, -0.05) is 18.5 Å². The first-order valence-electron chi connectivity index (χ1n) is 11.5. The molecule has 182 valence electrons. The van der Waals surface area contributed by atoms with Crippen molar-refractivity contribution in [3.63, 3.8) is 0 Å². The Morgan fingerprint density at radius 1 is 1.06 bits per heavy atom. The topological polar surface area (TPSA) is 74.4 Å². The van der Waals surface area contributed by atoms with Gasteiger partial charge in [-0.25, -0.2) is 0 Å². The van der Waals surface area contributed by atoms with Crippen molar-refractivity contribution in [3.8, 4) is 11.5 Å². The van der Waals surface area contributed by atoms with Gasteiger partial charge in [-0.05, 0) is 36.9 Å². The quantitative estimate of drug-likeness (QED) is 0.645. The summed E-state index contributed by atoms with van der Waals surface area (Å²) in [5, 5.41) is 3.60. The average molecular weight is 487 g/mol. The number of anilines is 3. The number of carbonyl (C=O) groups excluding carboxylic acids is 2. The van der Waals surface area contributed by atoms with E-state index in [1.54, 1.807) is 43.4 Å². The van der Waals surface area contributed by atoms with Crippen LogP contribution in [-0.2, 0) is 9.59 Å². The van der Waals surface area contributed by atoms with Crippen molar-refractivity contribution >= 4 is 40.5 Å². The summed E-state index contributed by atoms with van der Waals surface area (Å²) < 4.78 is 10.7. The first kappa shape index (κ1) is 24.2. The van der Waals surface area contributed by atoms with Gasteiger partial charge in [0.1, 0.15) is 11.5 Å². The van der Waals surface area contributed by atoms with E-state index in [1.807, 2.05) is 12.1 Å². The fourth-order valence-electron chi connectivity index (χ4n) is 4.55. The maximum atomic E-state index is 13.2. The molecule has 1 unspecified atom stereocenters. The molecule has 2 aliphatic rings. The maximum Gasteiger partial charge on any atom is 0.229 e. The molecule has 1 N–H and O–H groups in total. The number of carbonyl (C=O) groups is 2. The number of piperazine rings is 1. The predicted octanol–water partition coefficient (Wildman–Crippen LogP) is 3.49. The molecule has 2 saturated heterocycles. The Bertz CT molecular complexity index is 1060. The molecule has 2 amide bonds. The number of hydrogen-bond acceptors (Lipinski definition) is 6. The van der Waals surface area contributed by atoms with E-state index in [-0.39, 0.29) is 24.8 Å². The number of benzene rings is 2. The van der Waals surface area contributed by atoms with E-state index in [0.29, 0.717) is 27.9 Å². The molecular formula is C25H31ClN4O4. The largest absolute Gasteiger partial charge is 0.497 e. The lowest BCUT2D eigenvalue weighted by atomic mass is 10.1. The Labute approximate surface area is 205 Å². The van der Waals surface area contributed by atoms with Gasteiger partial charge in [0.05, 0.1) is 37.2 Å². The molecule has 2 aromatic carbocycles. The smallest absolute Gasteiger partial charge is 0.229 e. The number of nitrogens with one attached hydrogen (secondary N) is 1. The molecule has 0 bridgehead atoms. The van der Waals surface area contributed by atoms with E-state index < -0.39 is 5.92 Å². The van der Waals surface area contributed by atoms with Crippen molar-refractivity contribution in [1.82, 2.24) is 4.90 Å². The molecule has 0 saturated carbocycles. The van der Waals surface area contributed by atoms with E-state index in [1.165, 1.54) is 0 Å². The standard InChI is InChI=1S/C25H31ClN4O4/c1-4-28-9-11-29(12-10-28)21-7-5-18(26)14-20(21)27-25(32)17-13-24(31)30(16-17)22-15-19(33-2)6-8-23(22)34-3/h5-8,14-15,17H,4,9-13,16H2,1-3H3,(H,27,32). The summed E-state index contributed by atoms with van der Waals surface area (Å²) in [6.45, 7) is 7.16. The van der Waals surface area contributed by atoms with Crippen LogP contribution in [-0.4, -0.2) is 70.2 Å². The minimum atomic E-state index is -0.493.